The fourth-order valence-electron chi connectivity index (χ4n) is 2.77. The highest BCUT2D eigenvalue weighted by atomic mass is 35.5. The molecule has 0 N–H and O–H groups in total. The average Bonchev–Trinajstić information content (AvgIpc) is 2.98. The van der Waals surface area contributed by atoms with E-state index in [1.807, 2.05) is 29.8 Å². The number of nitrogens with zero attached hydrogens (tertiary/aromatic N) is 1. The third kappa shape index (κ3) is 7.38. The average molecular weight is 435 g/mol. The van der Waals surface area contributed by atoms with Gasteiger partial charge in [0.05, 0.1) is 17.2 Å². The fourth-order valence-corrected chi connectivity index (χ4v) is 3.22. The Morgan fingerprint density at radius 1 is 1.07 bits per heavy atom. The van der Waals surface area contributed by atoms with Gasteiger partial charge in [-0.1, -0.05) is 23.2 Å². The van der Waals surface area contributed by atoms with Crippen LogP contribution in [0.25, 0.3) is 0 Å². The van der Waals surface area contributed by atoms with Crippen molar-refractivity contribution in [2.45, 2.75) is 46.3 Å². The molecule has 0 aliphatic carbocycles. The second-order valence-electron chi connectivity index (χ2n) is 5.98. The Labute approximate surface area is 177 Å². The number of hydrogen-bond acceptors (Lipinski definition) is 3. The highest BCUT2D eigenvalue weighted by molar-refractivity contribution is 6.31. The fraction of sp³-hybridized carbons (Fsp3) is 0.450. The summed E-state index contributed by atoms with van der Waals surface area (Å²) in [5.74, 6) is -0.311. The van der Waals surface area contributed by atoms with E-state index in [4.69, 9.17) is 32.7 Å². The van der Waals surface area contributed by atoms with E-state index in [9.17, 15) is 4.79 Å². The summed E-state index contributed by atoms with van der Waals surface area (Å²) in [4.78, 5) is 11.9. The molecule has 0 amide bonds. The van der Waals surface area contributed by atoms with E-state index in [1.54, 1.807) is 19.1 Å². The van der Waals surface area contributed by atoms with Gasteiger partial charge in [0.1, 0.15) is 6.73 Å². The summed E-state index contributed by atoms with van der Waals surface area (Å²) in [6.45, 7) is 5.32. The molecule has 0 fully saturated rings. The number of carbonyl (C=O) groups excluding carboxylic acids is 1. The molecule has 0 aliphatic heterocycles. The maximum absolute atomic E-state index is 11.9. The molecule has 2 aromatic rings. The van der Waals surface area contributed by atoms with Gasteiger partial charge in [0, 0.05) is 23.5 Å². The number of aromatic nitrogens is 1. The molecule has 2 rings (SSSR count). The number of unbranched alkanes of at least 4 members (excludes halogenated alkanes) is 1. The molecule has 1 heterocycles. The van der Waals surface area contributed by atoms with E-state index in [0.29, 0.717) is 30.5 Å². The van der Waals surface area contributed by atoms with Crippen LogP contribution in [-0.4, -0.2) is 23.8 Å². The second kappa shape index (κ2) is 12.3. The van der Waals surface area contributed by atoms with Gasteiger partial charge in [0.15, 0.2) is 0 Å². The minimum Gasteiger partial charge on any atom is -0.462 e. The van der Waals surface area contributed by atoms with Crippen molar-refractivity contribution in [1.82, 2.24) is 4.57 Å². The third-order valence-corrected chi connectivity index (χ3v) is 4.65. The summed E-state index contributed by atoms with van der Waals surface area (Å²) in [5, 5.41) is 1.41. The molecule has 27 heavy (non-hydrogen) atoms. The largest absolute Gasteiger partial charge is 0.462 e. The first-order valence-corrected chi connectivity index (χ1v) is 9.68. The zero-order valence-corrected chi connectivity index (χ0v) is 18.0. The van der Waals surface area contributed by atoms with Gasteiger partial charge in [-0.15, -0.1) is 12.4 Å². The van der Waals surface area contributed by atoms with Crippen molar-refractivity contribution >= 4 is 41.6 Å². The van der Waals surface area contributed by atoms with Gasteiger partial charge in [-0.3, -0.25) is 0 Å². The van der Waals surface area contributed by atoms with Crippen LogP contribution in [0.15, 0.2) is 30.5 Å². The Balaban J connectivity index is 0.00000364. The van der Waals surface area contributed by atoms with Crippen LogP contribution < -0.4 is 0 Å². The maximum Gasteiger partial charge on any atom is 0.338 e. The SMILES string of the molecule is CCOCn1cc(Cl)cc1CCCCc1cc(C(=O)OCC)ccc1Cl.Cl. The second-order valence-corrected chi connectivity index (χ2v) is 6.82. The minimum absolute atomic E-state index is 0. The van der Waals surface area contributed by atoms with Crippen molar-refractivity contribution in [3.63, 3.8) is 0 Å². The third-order valence-electron chi connectivity index (χ3n) is 4.07. The molecule has 0 saturated heterocycles. The van der Waals surface area contributed by atoms with Gasteiger partial charge in [-0.25, -0.2) is 4.79 Å². The van der Waals surface area contributed by atoms with Gasteiger partial charge in [-0.2, -0.15) is 0 Å². The highest BCUT2D eigenvalue weighted by Gasteiger charge is 2.10. The van der Waals surface area contributed by atoms with Crippen LogP contribution in [0.1, 0.15) is 48.3 Å². The number of benzene rings is 1. The number of carbonyl (C=O) groups is 1. The summed E-state index contributed by atoms with van der Waals surface area (Å²) in [5.41, 5.74) is 2.68. The van der Waals surface area contributed by atoms with Crippen molar-refractivity contribution in [1.29, 1.82) is 0 Å². The maximum atomic E-state index is 11.9. The van der Waals surface area contributed by atoms with E-state index in [2.05, 4.69) is 0 Å². The lowest BCUT2D eigenvalue weighted by Gasteiger charge is -2.10. The minimum atomic E-state index is -0.311. The lowest BCUT2D eigenvalue weighted by molar-refractivity contribution is 0.0526. The quantitative estimate of drug-likeness (QED) is 0.342. The monoisotopic (exact) mass is 433 g/mol. The van der Waals surface area contributed by atoms with Crippen molar-refractivity contribution in [2.24, 2.45) is 0 Å². The van der Waals surface area contributed by atoms with Crippen LogP contribution in [0.3, 0.4) is 0 Å². The predicted molar refractivity (Wildman–Crippen MR) is 112 cm³/mol. The summed E-state index contributed by atoms with van der Waals surface area (Å²) < 4.78 is 12.6. The van der Waals surface area contributed by atoms with Crippen LogP contribution in [0, 0.1) is 0 Å². The Hall–Kier alpha value is -1.20. The van der Waals surface area contributed by atoms with E-state index >= 15 is 0 Å². The smallest absolute Gasteiger partial charge is 0.338 e. The first-order valence-electron chi connectivity index (χ1n) is 8.93. The van der Waals surface area contributed by atoms with Gasteiger partial charge in [-0.05, 0) is 69.4 Å². The van der Waals surface area contributed by atoms with Crippen LogP contribution in [-0.2, 0) is 29.0 Å². The summed E-state index contributed by atoms with van der Waals surface area (Å²) >= 11 is 12.4. The van der Waals surface area contributed by atoms with Crippen molar-refractivity contribution in [2.75, 3.05) is 13.2 Å². The summed E-state index contributed by atoms with van der Waals surface area (Å²) in [6, 6.07) is 7.27. The number of ether oxygens (including phenoxy) is 2. The summed E-state index contributed by atoms with van der Waals surface area (Å²) in [6.07, 6.45) is 5.57. The number of esters is 1. The molecule has 0 radical (unpaired) electrons. The van der Waals surface area contributed by atoms with E-state index in [0.717, 1.165) is 42.0 Å². The molecule has 0 saturated carbocycles. The lowest BCUT2D eigenvalue weighted by Crippen LogP contribution is -2.06. The molecule has 4 nitrogen and oxygen atoms in total. The number of halogens is 3. The van der Waals surface area contributed by atoms with Crippen LogP contribution in [0.4, 0.5) is 0 Å². The van der Waals surface area contributed by atoms with Gasteiger partial charge in [0.25, 0.3) is 0 Å². The molecular formula is C20H26Cl3NO3. The molecule has 1 aromatic heterocycles. The van der Waals surface area contributed by atoms with E-state index < -0.39 is 0 Å². The molecule has 150 valence electrons. The normalized spacial score (nSPS) is 10.5. The number of hydrogen-bond donors (Lipinski definition) is 0. The lowest BCUT2D eigenvalue weighted by atomic mass is 10.0. The molecule has 7 heteroatoms. The Bertz CT molecular complexity index is 731. The molecule has 0 atom stereocenters. The van der Waals surface area contributed by atoms with Gasteiger partial charge >= 0.3 is 5.97 Å². The number of aryl methyl sites for hydroxylation is 2. The Morgan fingerprint density at radius 3 is 2.52 bits per heavy atom. The zero-order valence-electron chi connectivity index (χ0n) is 15.7. The van der Waals surface area contributed by atoms with Gasteiger partial charge < -0.3 is 14.0 Å². The first kappa shape index (κ1) is 23.8. The molecule has 1 aromatic carbocycles. The predicted octanol–water partition coefficient (Wildman–Crippen LogP) is 5.95. The topological polar surface area (TPSA) is 40.5 Å². The Morgan fingerprint density at radius 2 is 1.81 bits per heavy atom. The zero-order chi connectivity index (χ0) is 18.9. The number of rotatable bonds is 10. The van der Waals surface area contributed by atoms with Crippen LogP contribution in [0.5, 0.6) is 0 Å². The van der Waals surface area contributed by atoms with E-state index in [1.165, 1.54) is 0 Å². The van der Waals surface area contributed by atoms with Crippen molar-refractivity contribution in [3.8, 4) is 0 Å². The van der Waals surface area contributed by atoms with Crippen molar-refractivity contribution < 1.29 is 14.3 Å². The molecular weight excluding hydrogens is 409 g/mol. The van der Waals surface area contributed by atoms with Crippen LogP contribution in [0.2, 0.25) is 10.0 Å². The Kier molecular flexibility index (Phi) is 10.9. The van der Waals surface area contributed by atoms with Crippen molar-refractivity contribution in [3.05, 3.63) is 57.3 Å². The standard InChI is InChI=1S/C20H25Cl2NO3.ClH/c1-3-25-14-23-13-17(21)12-18(23)8-6-5-7-15-11-16(9-10-19(15)22)20(24)26-4-2;/h9-13H,3-8,14H2,1-2H3;1H. The molecule has 0 bridgehead atoms. The first-order chi connectivity index (χ1) is 12.5. The van der Waals surface area contributed by atoms with Crippen LogP contribution >= 0.6 is 35.6 Å². The summed E-state index contributed by atoms with van der Waals surface area (Å²) in [7, 11) is 0. The molecule has 0 aliphatic rings. The van der Waals surface area contributed by atoms with E-state index in [-0.39, 0.29) is 18.4 Å². The highest BCUT2D eigenvalue weighted by Crippen LogP contribution is 2.22. The molecule has 0 unspecified atom stereocenters. The van der Waals surface area contributed by atoms with Gasteiger partial charge in [0.2, 0.25) is 0 Å². The molecule has 0 spiro atoms.